The molecule has 0 saturated carbocycles. The first kappa shape index (κ1) is 15.6. The normalized spacial score (nSPS) is 14.7. The predicted molar refractivity (Wildman–Crippen MR) is 68.7 cm³/mol. The standard InChI is InChI=1S/C12H16FNO4S/c1-8(19(2,17)18)12(16)14-7-11(15)9-3-5-10(13)6-4-9/h3-6,8,11,15H,7H2,1-2H3,(H,14,16). The smallest absolute Gasteiger partial charge is 0.238 e. The summed E-state index contributed by atoms with van der Waals surface area (Å²) < 4.78 is 35.0. The minimum Gasteiger partial charge on any atom is -0.387 e. The van der Waals surface area contributed by atoms with E-state index in [1.165, 1.54) is 31.2 Å². The van der Waals surface area contributed by atoms with Crippen LogP contribution >= 0.6 is 0 Å². The van der Waals surface area contributed by atoms with Crippen LogP contribution in [0.25, 0.3) is 0 Å². The first-order chi connectivity index (χ1) is 8.71. The van der Waals surface area contributed by atoms with Gasteiger partial charge in [0.05, 0.1) is 6.10 Å². The Hall–Kier alpha value is -1.47. The summed E-state index contributed by atoms with van der Waals surface area (Å²) in [6.45, 7) is 1.14. The fourth-order valence-corrected chi connectivity index (χ4v) is 1.81. The third-order valence-corrected chi connectivity index (χ3v) is 4.23. The molecule has 1 amide bonds. The molecule has 1 aromatic rings. The molecule has 0 heterocycles. The van der Waals surface area contributed by atoms with Crippen LogP contribution in [0.3, 0.4) is 0 Å². The van der Waals surface area contributed by atoms with Crippen molar-refractivity contribution in [3.63, 3.8) is 0 Å². The molecule has 5 nitrogen and oxygen atoms in total. The average Bonchev–Trinajstić information content (AvgIpc) is 2.34. The van der Waals surface area contributed by atoms with Crippen molar-refractivity contribution in [3.8, 4) is 0 Å². The molecule has 0 aromatic heterocycles. The second-order valence-corrected chi connectivity index (χ2v) is 6.65. The van der Waals surface area contributed by atoms with Crippen LogP contribution in [-0.2, 0) is 14.6 Å². The van der Waals surface area contributed by atoms with Gasteiger partial charge in [0.1, 0.15) is 11.1 Å². The SMILES string of the molecule is CC(C(=O)NCC(O)c1ccc(F)cc1)S(C)(=O)=O. The number of halogens is 1. The average molecular weight is 289 g/mol. The Morgan fingerprint density at radius 3 is 2.37 bits per heavy atom. The van der Waals surface area contributed by atoms with E-state index in [0.29, 0.717) is 5.56 Å². The Labute approximate surface area is 111 Å². The lowest BCUT2D eigenvalue weighted by atomic mass is 10.1. The van der Waals surface area contributed by atoms with Gasteiger partial charge in [0.2, 0.25) is 5.91 Å². The van der Waals surface area contributed by atoms with Gasteiger partial charge in [0.15, 0.2) is 9.84 Å². The van der Waals surface area contributed by atoms with Crippen LogP contribution in [0.15, 0.2) is 24.3 Å². The summed E-state index contributed by atoms with van der Waals surface area (Å²) in [5.41, 5.74) is 0.439. The lowest BCUT2D eigenvalue weighted by molar-refractivity contribution is -0.120. The molecular weight excluding hydrogens is 273 g/mol. The van der Waals surface area contributed by atoms with Gasteiger partial charge in [-0.05, 0) is 24.6 Å². The first-order valence-electron chi connectivity index (χ1n) is 5.62. The molecule has 0 saturated heterocycles. The molecule has 0 radical (unpaired) electrons. The number of aliphatic hydroxyl groups excluding tert-OH is 1. The minimum absolute atomic E-state index is 0.135. The lowest BCUT2D eigenvalue weighted by Gasteiger charge is -2.14. The Morgan fingerprint density at radius 2 is 1.89 bits per heavy atom. The number of carbonyl (C=O) groups excluding carboxylic acids is 1. The van der Waals surface area contributed by atoms with Crippen molar-refractivity contribution in [2.75, 3.05) is 12.8 Å². The maximum atomic E-state index is 12.7. The van der Waals surface area contributed by atoms with Gasteiger partial charge in [-0.15, -0.1) is 0 Å². The van der Waals surface area contributed by atoms with Crippen LogP contribution in [0.4, 0.5) is 4.39 Å². The minimum atomic E-state index is -3.46. The quantitative estimate of drug-likeness (QED) is 0.822. The van der Waals surface area contributed by atoms with Gasteiger partial charge in [-0.1, -0.05) is 12.1 Å². The highest BCUT2D eigenvalue weighted by atomic mass is 32.2. The topological polar surface area (TPSA) is 83.5 Å². The summed E-state index contributed by atoms with van der Waals surface area (Å²) in [5, 5.41) is 10.9. The van der Waals surface area contributed by atoms with Crippen molar-refractivity contribution in [2.24, 2.45) is 0 Å². The Bertz CT molecular complexity index is 541. The molecule has 1 aromatic carbocycles. The number of carbonyl (C=O) groups is 1. The second-order valence-electron chi connectivity index (χ2n) is 4.28. The van der Waals surface area contributed by atoms with Crippen LogP contribution in [0, 0.1) is 5.82 Å². The van der Waals surface area contributed by atoms with Gasteiger partial charge in [0.25, 0.3) is 0 Å². The summed E-state index contributed by atoms with van der Waals surface area (Å²) in [6, 6.07) is 5.18. The van der Waals surface area contributed by atoms with E-state index in [9.17, 15) is 22.7 Å². The molecular formula is C12H16FNO4S. The third-order valence-electron chi connectivity index (χ3n) is 2.74. The maximum absolute atomic E-state index is 12.7. The highest BCUT2D eigenvalue weighted by Crippen LogP contribution is 2.12. The molecule has 1 rings (SSSR count). The molecule has 0 bridgehead atoms. The van der Waals surface area contributed by atoms with Crippen molar-refractivity contribution in [2.45, 2.75) is 18.3 Å². The van der Waals surface area contributed by atoms with Crippen molar-refractivity contribution in [1.82, 2.24) is 5.32 Å². The summed E-state index contributed by atoms with van der Waals surface area (Å²) in [6.07, 6.45) is -0.0514. The Morgan fingerprint density at radius 1 is 1.37 bits per heavy atom. The summed E-state index contributed by atoms with van der Waals surface area (Å²) in [7, 11) is -3.46. The summed E-state index contributed by atoms with van der Waals surface area (Å²) in [4.78, 5) is 11.5. The zero-order valence-electron chi connectivity index (χ0n) is 10.6. The second kappa shape index (κ2) is 6.12. The van der Waals surface area contributed by atoms with Crippen molar-refractivity contribution in [1.29, 1.82) is 0 Å². The van der Waals surface area contributed by atoms with E-state index in [-0.39, 0.29) is 6.54 Å². The zero-order valence-corrected chi connectivity index (χ0v) is 11.4. The molecule has 19 heavy (non-hydrogen) atoms. The van der Waals surface area contributed by atoms with Crippen LogP contribution in [0.1, 0.15) is 18.6 Å². The van der Waals surface area contributed by atoms with Gasteiger partial charge < -0.3 is 10.4 Å². The van der Waals surface area contributed by atoms with E-state index in [0.717, 1.165) is 6.26 Å². The summed E-state index contributed by atoms with van der Waals surface area (Å²) in [5.74, 6) is -1.10. The van der Waals surface area contributed by atoms with E-state index in [1.807, 2.05) is 0 Å². The summed E-state index contributed by atoms with van der Waals surface area (Å²) >= 11 is 0. The Kier molecular flexibility index (Phi) is 5.02. The van der Waals surface area contributed by atoms with E-state index < -0.39 is 32.9 Å². The number of aliphatic hydroxyl groups is 1. The van der Waals surface area contributed by atoms with Gasteiger partial charge in [-0.2, -0.15) is 0 Å². The maximum Gasteiger partial charge on any atom is 0.238 e. The molecule has 0 aliphatic heterocycles. The van der Waals surface area contributed by atoms with Gasteiger partial charge >= 0.3 is 0 Å². The van der Waals surface area contributed by atoms with E-state index >= 15 is 0 Å². The molecule has 0 fully saturated rings. The molecule has 0 aliphatic rings. The molecule has 106 valence electrons. The number of nitrogens with one attached hydrogen (secondary N) is 1. The first-order valence-corrected chi connectivity index (χ1v) is 7.57. The van der Waals surface area contributed by atoms with Gasteiger partial charge in [-0.25, -0.2) is 12.8 Å². The molecule has 7 heteroatoms. The van der Waals surface area contributed by atoms with Crippen molar-refractivity contribution >= 4 is 15.7 Å². The number of hydrogen-bond acceptors (Lipinski definition) is 4. The highest BCUT2D eigenvalue weighted by molar-refractivity contribution is 7.92. The number of hydrogen-bond donors (Lipinski definition) is 2. The molecule has 0 aliphatic carbocycles. The number of rotatable bonds is 5. The van der Waals surface area contributed by atoms with Gasteiger partial charge in [-0.3, -0.25) is 4.79 Å². The van der Waals surface area contributed by atoms with E-state index in [2.05, 4.69) is 5.32 Å². The van der Waals surface area contributed by atoms with Crippen molar-refractivity contribution in [3.05, 3.63) is 35.6 Å². The number of sulfone groups is 1. The molecule has 2 atom stereocenters. The fourth-order valence-electron chi connectivity index (χ4n) is 1.34. The molecule has 2 unspecified atom stereocenters. The van der Waals surface area contributed by atoms with E-state index in [4.69, 9.17) is 0 Å². The number of benzene rings is 1. The number of amides is 1. The lowest BCUT2D eigenvalue weighted by Crippen LogP contribution is -2.39. The monoisotopic (exact) mass is 289 g/mol. The Balaban J connectivity index is 2.57. The predicted octanol–water partition coefficient (Wildman–Crippen LogP) is 0.408. The zero-order chi connectivity index (χ0) is 14.6. The van der Waals surface area contributed by atoms with Crippen LogP contribution < -0.4 is 5.32 Å². The largest absolute Gasteiger partial charge is 0.387 e. The molecule has 2 N–H and O–H groups in total. The van der Waals surface area contributed by atoms with Gasteiger partial charge in [0, 0.05) is 12.8 Å². The fraction of sp³-hybridized carbons (Fsp3) is 0.417. The van der Waals surface area contributed by atoms with Crippen LogP contribution in [0.5, 0.6) is 0 Å². The van der Waals surface area contributed by atoms with Crippen LogP contribution in [0.2, 0.25) is 0 Å². The third kappa shape index (κ3) is 4.60. The van der Waals surface area contributed by atoms with E-state index in [1.54, 1.807) is 0 Å². The molecule has 0 spiro atoms. The van der Waals surface area contributed by atoms with Crippen molar-refractivity contribution < 1.29 is 22.7 Å². The highest BCUT2D eigenvalue weighted by Gasteiger charge is 2.23. The van der Waals surface area contributed by atoms with Crippen LogP contribution in [-0.4, -0.2) is 37.5 Å².